The molecule has 1 saturated heterocycles. The molecule has 1 heterocycles. The van der Waals surface area contributed by atoms with Crippen LogP contribution in [0.25, 0.3) is 0 Å². The summed E-state index contributed by atoms with van der Waals surface area (Å²) in [6.07, 6.45) is 12.3. The lowest BCUT2D eigenvalue weighted by Gasteiger charge is -2.38. The summed E-state index contributed by atoms with van der Waals surface area (Å²) >= 11 is 0. The van der Waals surface area contributed by atoms with Gasteiger partial charge in [-0.1, -0.05) is 19.8 Å². The van der Waals surface area contributed by atoms with Crippen molar-refractivity contribution in [3.63, 3.8) is 0 Å². The topological polar surface area (TPSA) is 32.8 Å². The first-order valence-electron chi connectivity index (χ1n) is 10.7. The normalized spacial score (nSPS) is 26.6. The number of rotatable bonds is 9. The molecule has 0 aromatic rings. The molecular weight excluding hydrogens is 312 g/mol. The summed E-state index contributed by atoms with van der Waals surface area (Å²) in [6, 6.07) is 0.666. The van der Waals surface area contributed by atoms with Crippen LogP contribution < -0.4 is 0 Å². The molecule has 4 nitrogen and oxygen atoms in total. The van der Waals surface area contributed by atoms with Crippen LogP contribution in [0.2, 0.25) is 0 Å². The summed E-state index contributed by atoms with van der Waals surface area (Å²) in [6.45, 7) is 8.55. The molecule has 0 aromatic heterocycles. The maximum Gasteiger partial charge on any atom is 0.222 e. The summed E-state index contributed by atoms with van der Waals surface area (Å²) in [5.41, 5.74) is 0. The van der Waals surface area contributed by atoms with Crippen molar-refractivity contribution in [2.75, 3.05) is 33.3 Å². The van der Waals surface area contributed by atoms with Gasteiger partial charge in [0.15, 0.2) is 0 Å². The van der Waals surface area contributed by atoms with Gasteiger partial charge in [-0.25, -0.2) is 0 Å². The van der Waals surface area contributed by atoms with Crippen molar-refractivity contribution in [1.82, 2.24) is 9.80 Å². The first-order chi connectivity index (χ1) is 12.1. The minimum Gasteiger partial charge on any atom is -0.381 e. The highest BCUT2D eigenvalue weighted by Gasteiger charge is 2.24. The number of unbranched alkanes of at least 4 members (excludes halogenated alkanes) is 1. The van der Waals surface area contributed by atoms with Crippen molar-refractivity contribution < 1.29 is 9.53 Å². The number of carbonyl (C=O) groups is 1. The highest BCUT2D eigenvalue weighted by Crippen LogP contribution is 2.29. The Morgan fingerprint density at radius 1 is 1.08 bits per heavy atom. The molecule has 1 aliphatic carbocycles. The Morgan fingerprint density at radius 2 is 1.76 bits per heavy atom. The van der Waals surface area contributed by atoms with Gasteiger partial charge in [0.25, 0.3) is 0 Å². The zero-order valence-electron chi connectivity index (χ0n) is 16.8. The number of piperazine rings is 1. The fourth-order valence-corrected chi connectivity index (χ4v) is 4.45. The number of hydrogen-bond donors (Lipinski definition) is 0. The van der Waals surface area contributed by atoms with Gasteiger partial charge in [0, 0.05) is 45.8 Å². The van der Waals surface area contributed by atoms with E-state index in [0.29, 0.717) is 18.1 Å². The molecule has 0 N–H and O–H groups in total. The van der Waals surface area contributed by atoms with Crippen molar-refractivity contribution in [1.29, 1.82) is 0 Å². The Bertz CT molecular complexity index is 372. The molecule has 1 aliphatic heterocycles. The first kappa shape index (κ1) is 20.7. The molecule has 0 aromatic carbocycles. The van der Waals surface area contributed by atoms with Gasteiger partial charge in [0.1, 0.15) is 0 Å². The predicted octanol–water partition coefficient (Wildman–Crippen LogP) is 4.08. The van der Waals surface area contributed by atoms with E-state index >= 15 is 0 Å². The van der Waals surface area contributed by atoms with Crippen molar-refractivity contribution in [3.8, 4) is 0 Å². The van der Waals surface area contributed by atoms with Gasteiger partial charge >= 0.3 is 0 Å². The van der Waals surface area contributed by atoms with E-state index < -0.39 is 0 Å². The lowest BCUT2D eigenvalue weighted by molar-refractivity contribution is -0.133. The average Bonchev–Trinajstić information content (AvgIpc) is 2.66. The van der Waals surface area contributed by atoms with Crippen LogP contribution in [0.15, 0.2) is 0 Å². The SMILES string of the molecule is CCCCC(C)N1CCN(C(=O)CCCC2CCC(OC)CC2)CC1. The lowest BCUT2D eigenvalue weighted by Crippen LogP contribution is -2.51. The van der Waals surface area contributed by atoms with Crippen LogP contribution in [0.4, 0.5) is 0 Å². The van der Waals surface area contributed by atoms with E-state index in [1.54, 1.807) is 0 Å². The van der Waals surface area contributed by atoms with Crippen molar-refractivity contribution in [3.05, 3.63) is 0 Å². The molecule has 1 saturated carbocycles. The van der Waals surface area contributed by atoms with E-state index in [1.165, 1.54) is 51.4 Å². The Hall–Kier alpha value is -0.610. The fourth-order valence-electron chi connectivity index (χ4n) is 4.45. The number of amides is 1. The predicted molar refractivity (Wildman–Crippen MR) is 104 cm³/mol. The molecule has 2 fully saturated rings. The molecule has 25 heavy (non-hydrogen) atoms. The number of nitrogens with zero attached hydrogens (tertiary/aromatic N) is 2. The molecule has 146 valence electrons. The lowest BCUT2D eigenvalue weighted by atomic mass is 9.84. The van der Waals surface area contributed by atoms with E-state index in [9.17, 15) is 4.79 Å². The van der Waals surface area contributed by atoms with Crippen LogP contribution >= 0.6 is 0 Å². The summed E-state index contributed by atoms with van der Waals surface area (Å²) in [7, 11) is 1.83. The summed E-state index contributed by atoms with van der Waals surface area (Å²) in [5.74, 6) is 1.20. The maximum absolute atomic E-state index is 12.5. The van der Waals surface area contributed by atoms with Gasteiger partial charge < -0.3 is 9.64 Å². The summed E-state index contributed by atoms with van der Waals surface area (Å²) in [5, 5.41) is 0. The molecule has 0 bridgehead atoms. The van der Waals surface area contributed by atoms with Crippen LogP contribution in [0.1, 0.15) is 78.1 Å². The first-order valence-corrected chi connectivity index (χ1v) is 10.7. The van der Waals surface area contributed by atoms with Gasteiger partial charge in [-0.05, 0) is 57.8 Å². The summed E-state index contributed by atoms with van der Waals surface area (Å²) in [4.78, 5) is 17.1. The Morgan fingerprint density at radius 3 is 2.36 bits per heavy atom. The number of methoxy groups -OCH3 is 1. The van der Waals surface area contributed by atoms with E-state index in [1.807, 2.05) is 7.11 Å². The van der Waals surface area contributed by atoms with Gasteiger partial charge in [0.05, 0.1) is 6.10 Å². The van der Waals surface area contributed by atoms with Crippen LogP contribution in [0.5, 0.6) is 0 Å². The second kappa shape index (κ2) is 11.2. The fraction of sp³-hybridized carbons (Fsp3) is 0.952. The molecule has 0 spiro atoms. The smallest absolute Gasteiger partial charge is 0.222 e. The minimum atomic E-state index is 0.381. The Balaban J connectivity index is 1.58. The molecule has 0 radical (unpaired) electrons. The molecule has 2 rings (SSSR count). The van der Waals surface area contributed by atoms with Crippen LogP contribution in [0, 0.1) is 5.92 Å². The molecule has 4 heteroatoms. The molecule has 1 atom stereocenters. The largest absolute Gasteiger partial charge is 0.381 e. The summed E-state index contributed by atoms with van der Waals surface area (Å²) < 4.78 is 5.44. The zero-order valence-corrected chi connectivity index (χ0v) is 16.8. The quantitative estimate of drug-likeness (QED) is 0.627. The standard InChI is InChI=1S/C21H40N2O2/c1-4-5-7-18(2)22-14-16-23(17-15-22)21(24)9-6-8-19-10-12-20(25-3)13-11-19/h18-20H,4-17H2,1-3H3. The molecule has 1 amide bonds. The second-order valence-corrected chi connectivity index (χ2v) is 8.18. The maximum atomic E-state index is 12.5. The highest BCUT2D eigenvalue weighted by atomic mass is 16.5. The zero-order chi connectivity index (χ0) is 18.1. The van der Waals surface area contributed by atoms with Gasteiger partial charge in [-0.2, -0.15) is 0 Å². The van der Waals surface area contributed by atoms with Crippen LogP contribution in [-0.4, -0.2) is 61.1 Å². The van der Waals surface area contributed by atoms with Crippen molar-refractivity contribution in [2.24, 2.45) is 5.92 Å². The number of ether oxygens (including phenoxy) is 1. The Labute approximate surface area is 155 Å². The van der Waals surface area contributed by atoms with E-state index in [2.05, 4.69) is 23.6 Å². The van der Waals surface area contributed by atoms with Crippen LogP contribution in [0.3, 0.4) is 0 Å². The van der Waals surface area contributed by atoms with Crippen LogP contribution in [-0.2, 0) is 9.53 Å². The number of carbonyl (C=O) groups excluding carboxylic acids is 1. The van der Waals surface area contributed by atoms with E-state index in [0.717, 1.165) is 44.9 Å². The van der Waals surface area contributed by atoms with Gasteiger partial charge in [-0.3, -0.25) is 9.69 Å². The van der Waals surface area contributed by atoms with Crippen molar-refractivity contribution >= 4 is 5.91 Å². The van der Waals surface area contributed by atoms with E-state index in [-0.39, 0.29) is 0 Å². The van der Waals surface area contributed by atoms with Gasteiger partial charge in [0.2, 0.25) is 5.91 Å². The third-order valence-electron chi connectivity index (χ3n) is 6.40. The monoisotopic (exact) mass is 352 g/mol. The van der Waals surface area contributed by atoms with Gasteiger partial charge in [-0.15, -0.1) is 0 Å². The third kappa shape index (κ3) is 6.90. The molecule has 2 aliphatic rings. The highest BCUT2D eigenvalue weighted by molar-refractivity contribution is 5.76. The molecule has 1 unspecified atom stereocenters. The molecular formula is C21H40N2O2. The number of hydrogen-bond acceptors (Lipinski definition) is 3. The third-order valence-corrected chi connectivity index (χ3v) is 6.40. The average molecular weight is 353 g/mol. The minimum absolute atomic E-state index is 0.381. The van der Waals surface area contributed by atoms with E-state index in [4.69, 9.17) is 4.74 Å². The van der Waals surface area contributed by atoms with Crippen molar-refractivity contribution in [2.45, 2.75) is 90.2 Å². The Kier molecular flexibility index (Phi) is 9.25. The second-order valence-electron chi connectivity index (χ2n) is 8.18.